The summed E-state index contributed by atoms with van der Waals surface area (Å²) in [7, 11) is 0. The Balaban J connectivity index is 2.06. The molecule has 1 aromatic carbocycles. The van der Waals surface area contributed by atoms with E-state index in [0.717, 1.165) is 27.8 Å². The molecule has 2 heterocycles. The highest BCUT2D eigenvalue weighted by Gasteiger charge is 2.20. The molecule has 0 radical (unpaired) electrons. The smallest absolute Gasteiger partial charge is 0.274 e. The van der Waals surface area contributed by atoms with Gasteiger partial charge in [-0.05, 0) is 59.1 Å². The maximum atomic E-state index is 12.9. The van der Waals surface area contributed by atoms with Gasteiger partial charge in [-0.2, -0.15) is 0 Å². The van der Waals surface area contributed by atoms with Crippen LogP contribution in [0.3, 0.4) is 0 Å². The minimum absolute atomic E-state index is 0.0426. The minimum Gasteiger partial charge on any atom is -0.506 e. The number of pyridine rings is 1. The molecule has 0 saturated heterocycles. The van der Waals surface area contributed by atoms with Crippen molar-refractivity contribution in [3.63, 3.8) is 0 Å². The van der Waals surface area contributed by atoms with E-state index in [-0.39, 0.29) is 11.7 Å². The molecule has 6 heteroatoms. The number of rotatable bonds is 4. The maximum Gasteiger partial charge on any atom is 0.274 e. The average molecular weight is 388 g/mol. The van der Waals surface area contributed by atoms with Crippen molar-refractivity contribution in [1.82, 2.24) is 9.38 Å². The van der Waals surface area contributed by atoms with Crippen LogP contribution >= 0.6 is 15.9 Å². The van der Waals surface area contributed by atoms with Crippen molar-refractivity contribution in [2.24, 2.45) is 0 Å². The summed E-state index contributed by atoms with van der Waals surface area (Å²) in [4.78, 5) is 17.4. The number of hydrogen-bond donors (Lipinski definition) is 2. The summed E-state index contributed by atoms with van der Waals surface area (Å²) in [5, 5.41) is 12.8. The van der Waals surface area contributed by atoms with Crippen LogP contribution in [0.25, 0.3) is 5.65 Å². The summed E-state index contributed by atoms with van der Waals surface area (Å²) < 4.78 is 2.64. The van der Waals surface area contributed by atoms with Gasteiger partial charge in [-0.25, -0.2) is 4.98 Å². The molecular weight excluding hydrogens is 370 g/mol. The first kappa shape index (κ1) is 16.5. The molecule has 24 heavy (non-hydrogen) atoms. The number of halogens is 1. The molecular formula is C18H18BrN3O2. The van der Waals surface area contributed by atoms with Crippen LogP contribution in [-0.2, 0) is 6.42 Å². The van der Waals surface area contributed by atoms with E-state index in [2.05, 4.69) is 26.2 Å². The highest BCUT2D eigenvalue weighted by Crippen LogP contribution is 2.26. The molecule has 0 saturated carbocycles. The fourth-order valence-electron chi connectivity index (χ4n) is 2.65. The van der Waals surface area contributed by atoms with Gasteiger partial charge in [0, 0.05) is 10.7 Å². The van der Waals surface area contributed by atoms with Crippen molar-refractivity contribution in [3.05, 3.63) is 58.0 Å². The lowest BCUT2D eigenvalue weighted by molar-refractivity contribution is 0.102. The zero-order chi connectivity index (χ0) is 17.3. The molecule has 124 valence electrons. The Kier molecular flexibility index (Phi) is 4.57. The summed E-state index contributed by atoms with van der Waals surface area (Å²) in [6.45, 7) is 3.96. The van der Waals surface area contributed by atoms with Gasteiger partial charge in [0.1, 0.15) is 17.1 Å². The number of carbonyl (C=O) groups excluding carboxylic acids is 1. The molecule has 2 aromatic heterocycles. The van der Waals surface area contributed by atoms with Gasteiger partial charge < -0.3 is 10.4 Å². The Hall–Kier alpha value is -2.34. The number of nitrogens with one attached hydrogen (secondary N) is 1. The number of aryl methyl sites for hydroxylation is 2. The van der Waals surface area contributed by atoms with E-state index in [1.54, 1.807) is 22.6 Å². The van der Waals surface area contributed by atoms with Gasteiger partial charge in [0.25, 0.3) is 5.91 Å². The summed E-state index contributed by atoms with van der Waals surface area (Å²) in [5.74, 6) is -0.244. The fraction of sp³-hybridized carbons (Fsp3) is 0.222. The van der Waals surface area contributed by atoms with E-state index in [9.17, 15) is 9.90 Å². The van der Waals surface area contributed by atoms with E-state index < -0.39 is 0 Å². The van der Waals surface area contributed by atoms with Crippen molar-refractivity contribution in [3.8, 4) is 5.75 Å². The average Bonchev–Trinajstić information content (AvgIpc) is 2.88. The molecule has 0 fully saturated rings. The molecule has 5 nitrogen and oxygen atoms in total. The van der Waals surface area contributed by atoms with Gasteiger partial charge in [0.05, 0.1) is 11.4 Å². The highest BCUT2D eigenvalue weighted by molar-refractivity contribution is 9.10. The number of amides is 1. The molecule has 3 rings (SSSR count). The molecule has 0 unspecified atom stereocenters. The largest absolute Gasteiger partial charge is 0.506 e. The third kappa shape index (κ3) is 3.14. The fourth-order valence-corrected chi connectivity index (χ4v) is 2.99. The van der Waals surface area contributed by atoms with Crippen molar-refractivity contribution in [1.29, 1.82) is 0 Å². The number of benzene rings is 1. The maximum absolute atomic E-state index is 12.9. The minimum atomic E-state index is -0.287. The predicted molar refractivity (Wildman–Crippen MR) is 97.7 cm³/mol. The number of aromatic hydroxyl groups is 1. The van der Waals surface area contributed by atoms with Crippen molar-refractivity contribution in [2.75, 3.05) is 5.32 Å². The Labute approximate surface area is 148 Å². The third-order valence-corrected chi connectivity index (χ3v) is 4.23. The van der Waals surface area contributed by atoms with E-state index in [1.165, 1.54) is 0 Å². The number of nitrogens with zero attached hydrogens (tertiary/aromatic N) is 2. The lowest BCUT2D eigenvalue weighted by Gasteiger charge is -2.09. The van der Waals surface area contributed by atoms with Gasteiger partial charge in [0.15, 0.2) is 0 Å². The van der Waals surface area contributed by atoms with Gasteiger partial charge in [-0.15, -0.1) is 0 Å². The van der Waals surface area contributed by atoms with E-state index in [0.29, 0.717) is 17.8 Å². The van der Waals surface area contributed by atoms with Crippen LogP contribution in [0.1, 0.15) is 35.1 Å². The molecule has 0 aliphatic carbocycles. The summed E-state index contributed by atoms with van der Waals surface area (Å²) in [6, 6.07) is 8.87. The SMILES string of the molecule is CCCc1nc2ccc(Br)cn2c1C(=O)Nc1cc(C)ccc1O. The number of imidazole rings is 1. The first-order valence-corrected chi connectivity index (χ1v) is 8.56. The van der Waals surface area contributed by atoms with Crippen molar-refractivity contribution in [2.45, 2.75) is 26.7 Å². The molecule has 0 atom stereocenters. The number of aromatic nitrogens is 2. The number of fused-ring (bicyclic) bond motifs is 1. The normalized spacial score (nSPS) is 11.0. The van der Waals surface area contributed by atoms with Crippen LogP contribution in [0.4, 0.5) is 5.69 Å². The summed E-state index contributed by atoms with van der Waals surface area (Å²) >= 11 is 3.43. The number of hydrogen-bond acceptors (Lipinski definition) is 3. The van der Waals surface area contributed by atoms with E-state index in [4.69, 9.17) is 0 Å². The van der Waals surface area contributed by atoms with Crippen LogP contribution in [0.2, 0.25) is 0 Å². The summed E-state index contributed by atoms with van der Waals surface area (Å²) in [6.07, 6.45) is 3.43. The topological polar surface area (TPSA) is 66.6 Å². The Morgan fingerprint density at radius 3 is 2.88 bits per heavy atom. The van der Waals surface area contributed by atoms with Crippen LogP contribution in [0.5, 0.6) is 5.75 Å². The Bertz CT molecular complexity index is 918. The van der Waals surface area contributed by atoms with Crippen LogP contribution in [0.15, 0.2) is 41.0 Å². The molecule has 0 aliphatic heterocycles. The van der Waals surface area contributed by atoms with Crippen LogP contribution < -0.4 is 5.32 Å². The lowest BCUT2D eigenvalue weighted by Crippen LogP contribution is -2.16. The predicted octanol–water partition coefficient (Wildman–Crippen LogP) is 4.32. The molecule has 2 N–H and O–H groups in total. The van der Waals surface area contributed by atoms with Crippen molar-refractivity contribution >= 4 is 33.2 Å². The quantitative estimate of drug-likeness (QED) is 0.655. The molecule has 3 aromatic rings. The molecule has 0 bridgehead atoms. The number of phenolic OH excluding ortho intramolecular Hbond substituents is 1. The standard InChI is InChI=1S/C18H18BrN3O2/c1-3-4-13-17(22-10-12(19)6-8-16(22)20-13)18(24)21-14-9-11(2)5-7-15(14)23/h5-10,23H,3-4H2,1-2H3,(H,21,24). The second kappa shape index (κ2) is 6.65. The Morgan fingerprint density at radius 1 is 1.33 bits per heavy atom. The lowest BCUT2D eigenvalue weighted by atomic mass is 10.2. The molecule has 0 spiro atoms. The zero-order valence-corrected chi connectivity index (χ0v) is 15.1. The van der Waals surface area contributed by atoms with E-state index in [1.807, 2.05) is 32.2 Å². The molecule has 0 aliphatic rings. The monoisotopic (exact) mass is 387 g/mol. The number of anilines is 1. The second-order valence-corrected chi connectivity index (χ2v) is 6.62. The second-order valence-electron chi connectivity index (χ2n) is 5.71. The summed E-state index contributed by atoms with van der Waals surface area (Å²) in [5.41, 5.74) is 3.32. The van der Waals surface area contributed by atoms with Gasteiger partial charge in [0.2, 0.25) is 0 Å². The van der Waals surface area contributed by atoms with Gasteiger partial charge in [-0.1, -0.05) is 19.4 Å². The van der Waals surface area contributed by atoms with Crippen LogP contribution in [0, 0.1) is 6.92 Å². The first-order chi connectivity index (χ1) is 11.5. The third-order valence-electron chi connectivity index (χ3n) is 3.76. The number of carbonyl (C=O) groups is 1. The Morgan fingerprint density at radius 2 is 2.12 bits per heavy atom. The van der Waals surface area contributed by atoms with Gasteiger partial charge in [-0.3, -0.25) is 9.20 Å². The van der Waals surface area contributed by atoms with Gasteiger partial charge >= 0.3 is 0 Å². The molecule has 1 amide bonds. The van der Waals surface area contributed by atoms with Crippen molar-refractivity contribution < 1.29 is 9.90 Å². The zero-order valence-electron chi connectivity index (χ0n) is 13.5. The highest BCUT2D eigenvalue weighted by atomic mass is 79.9. The van der Waals surface area contributed by atoms with Crippen LogP contribution in [-0.4, -0.2) is 20.4 Å². The first-order valence-electron chi connectivity index (χ1n) is 7.77. The van der Waals surface area contributed by atoms with E-state index >= 15 is 0 Å². The number of phenols is 1.